The van der Waals surface area contributed by atoms with E-state index < -0.39 is 33.9 Å². The highest BCUT2D eigenvalue weighted by Gasteiger charge is 2.42. The highest BCUT2D eigenvalue weighted by Crippen LogP contribution is 2.43. The SMILES string of the molecule is CCS(=O)(=O)c1ccc(C(CO)NC(=O)c2cnc3c(c2)CN(C[C@H]2CC[C@H](C(F)(F)F)CC2)[C@H]3C(C)C)cc1. The summed E-state index contributed by atoms with van der Waals surface area (Å²) in [5.41, 5.74) is 2.73. The Morgan fingerprint density at radius 3 is 2.35 bits per heavy atom. The summed E-state index contributed by atoms with van der Waals surface area (Å²) in [6.45, 7) is 6.65. The summed E-state index contributed by atoms with van der Waals surface area (Å²) in [5, 5.41) is 12.7. The maximum Gasteiger partial charge on any atom is 0.391 e. The van der Waals surface area contributed by atoms with Crippen molar-refractivity contribution in [1.29, 1.82) is 0 Å². The molecule has 1 aliphatic carbocycles. The topological polar surface area (TPSA) is 99.6 Å². The molecule has 2 N–H and O–H groups in total. The molecule has 0 bridgehead atoms. The molecule has 1 aromatic carbocycles. The third kappa shape index (κ3) is 6.69. The molecular weight excluding hydrogens is 543 g/mol. The summed E-state index contributed by atoms with van der Waals surface area (Å²) in [6.07, 6.45) is -1.15. The van der Waals surface area contributed by atoms with Gasteiger partial charge in [-0.05, 0) is 66.8 Å². The monoisotopic (exact) mass is 581 g/mol. The van der Waals surface area contributed by atoms with Crippen molar-refractivity contribution in [3.63, 3.8) is 0 Å². The largest absolute Gasteiger partial charge is 0.394 e. The first kappa shape index (κ1) is 30.5. The van der Waals surface area contributed by atoms with Crippen molar-refractivity contribution in [3.05, 3.63) is 58.9 Å². The van der Waals surface area contributed by atoms with Crippen LogP contribution in [0.15, 0.2) is 41.4 Å². The number of nitrogens with zero attached hydrogens (tertiary/aromatic N) is 2. The van der Waals surface area contributed by atoms with Crippen molar-refractivity contribution in [3.8, 4) is 0 Å². The number of aliphatic hydroxyl groups excluding tert-OH is 1. The number of rotatable bonds is 9. The molecule has 2 heterocycles. The summed E-state index contributed by atoms with van der Waals surface area (Å²) < 4.78 is 63.5. The van der Waals surface area contributed by atoms with Crippen LogP contribution in [0.25, 0.3) is 0 Å². The third-order valence-electron chi connectivity index (χ3n) is 8.25. The van der Waals surface area contributed by atoms with Gasteiger partial charge in [0.15, 0.2) is 9.84 Å². The summed E-state index contributed by atoms with van der Waals surface area (Å²) in [4.78, 5) is 20.2. The lowest BCUT2D eigenvalue weighted by atomic mass is 9.81. The molecule has 40 heavy (non-hydrogen) atoms. The Morgan fingerprint density at radius 1 is 1.15 bits per heavy atom. The van der Waals surface area contributed by atoms with Gasteiger partial charge in [-0.3, -0.25) is 14.7 Å². The summed E-state index contributed by atoms with van der Waals surface area (Å²) >= 11 is 0. The number of halogens is 3. The van der Waals surface area contributed by atoms with Crippen molar-refractivity contribution in [2.24, 2.45) is 17.8 Å². The van der Waals surface area contributed by atoms with Crippen LogP contribution < -0.4 is 5.32 Å². The van der Waals surface area contributed by atoms with Crippen molar-refractivity contribution >= 4 is 15.7 Å². The van der Waals surface area contributed by atoms with Gasteiger partial charge in [-0.2, -0.15) is 13.2 Å². The van der Waals surface area contributed by atoms with E-state index in [1.54, 1.807) is 25.1 Å². The van der Waals surface area contributed by atoms with E-state index in [4.69, 9.17) is 0 Å². The molecule has 1 unspecified atom stereocenters. The number of fused-ring (bicyclic) bond motifs is 1. The van der Waals surface area contributed by atoms with Crippen LogP contribution in [0.5, 0.6) is 0 Å². The zero-order valence-corrected chi connectivity index (χ0v) is 23.9. The molecule has 4 rings (SSSR count). The zero-order chi connectivity index (χ0) is 29.2. The molecule has 2 aromatic rings. The van der Waals surface area contributed by atoms with E-state index in [1.807, 2.05) is 0 Å². The second-order valence-electron chi connectivity index (χ2n) is 11.3. The molecule has 0 spiro atoms. The number of pyridine rings is 1. The molecular formula is C29H38F3N3O4S. The Balaban J connectivity index is 1.44. The molecule has 11 heteroatoms. The molecule has 1 fully saturated rings. The Labute approximate surface area is 234 Å². The lowest BCUT2D eigenvalue weighted by molar-refractivity contribution is -0.184. The number of alkyl halides is 3. The fraction of sp³-hybridized carbons (Fsp3) is 0.586. The highest BCUT2D eigenvalue weighted by atomic mass is 32.2. The number of amides is 1. The van der Waals surface area contributed by atoms with E-state index >= 15 is 0 Å². The number of carbonyl (C=O) groups is 1. The first-order chi connectivity index (χ1) is 18.8. The second-order valence-corrected chi connectivity index (χ2v) is 13.6. The maximum atomic E-state index is 13.1. The predicted molar refractivity (Wildman–Crippen MR) is 145 cm³/mol. The Morgan fingerprint density at radius 2 is 1.80 bits per heavy atom. The van der Waals surface area contributed by atoms with Crippen LogP contribution in [0.3, 0.4) is 0 Å². The van der Waals surface area contributed by atoms with E-state index in [2.05, 4.69) is 29.0 Å². The number of sulfone groups is 1. The summed E-state index contributed by atoms with van der Waals surface area (Å²) in [6, 6.07) is 7.20. The Bertz CT molecular complexity index is 1290. The van der Waals surface area contributed by atoms with Crippen LogP contribution in [-0.4, -0.2) is 54.4 Å². The van der Waals surface area contributed by atoms with Crippen molar-refractivity contribution in [2.45, 2.75) is 76.2 Å². The van der Waals surface area contributed by atoms with Crippen molar-refractivity contribution in [1.82, 2.24) is 15.2 Å². The van der Waals surface area contributed by atoms with Crippen LogP contribution >= 0.6 is 0 Å². The maximum absolute atomic E-state index is 13.1. The van der Waals surface area contributed by atoms with Crippen LogP contribution in [-0.2, 0) is 16.4 Å². The molecule has 0 radical (unpaired) electrons. The minimum Gasteiger partial charge on any atom is -0.394 e. The molecule has 0 saturated heterocycles. The van der Waals surface area contributed by atoms with Gasteiger partial charge in [-0.15, -0.1) is 0 Å². The van der Waals surface area contributed by atoms with Gasteiger partial charge < -0.3 is 10.4 Å². The van der Waals surface area contributed by atoms with Gasteiger partial charge in [0.05, 0.1) is 46.5 Å². The molecule has 1 amide bonds. The van der Waals surface area contributed by atoms with Crippen LogP contribution in [0, 0.1) is 17.8 Å². The van der Waals surface area contributed by atoms with Gasteiger partial charge in [-0.25, -0.2) is 8.42 Å². The van der Waals surface area contributed by atoms with E-state index in [1.165, 1.54) is 18.3 Å². The van der Waals surface area contributed by atoms with E-state index in [-0.39, 0.29) is 48.0 Å². The van der Waals surface area contributed by atoms with E-state index in [0.29, 0.717) is 37.1 Å². The number of hydrogen-bond acceptors (Lipinski definition) is 6. The fourth-order valence-corrected chi connectivity index (χ4v) is 6.88. The summed E-state index contributed by atoms with van der Waals surface area (Å²) in [7, 11) is -3.36. The van der Waals surface area contributed by atoms with Gasteiger partial charge in [-0.1, -0.05) is 32.9 Å². The molecule has 7 nitrogen and oxygen atoms in total. The normalized spacial score (nSPS) is 22.8. The number of benzene rings is 1. The highest BCUT2D eigenvalue weighted by molar-refractivity contribution is 7.91. The van der Waals surface area contributed by atoms with Crippen molar-refractivity contribution < 1.29 is 31.5 Å². The number of aromatic nitrogens is 1. The first-order valence-electron chi connectivity index (χ1n) is 13.9. The Kier molecular flexibility index (Phi) is 9.26. The van der Waals surface area contributed by atoms with E-state index in [9.17, 15) is 31.5 Å². The minimum absolute atomic E-state index is 0.0217. The van der Waals surface area contributed by atoms with Gasteiger partial charge in [0.2, 0.25) is 0 Å². The zero-order valence-electron chi connectivity index (χ0n) is 23.1. The third-order valence-corrected chi connectivity index (χ3v) is 10.0. The molecule has 1 saturated carbocycles. The molecule has 1 aromatic heterocycles. The number of carbonyl (C=O) groups excluding carboxylic acids is 1. The molecule has 2 atom stereocenters. The Hall–Kier alpha value is -2.50. The standard InChI is InChI=1S/C29H38F3N3O4S/c1-4-40(38,39)24-11-7-20(8-12-24)25(17-36)34-28(37)21-13-22-16-35(27(18(2)3)26(22)33-14-21)15-19-5-9-23(10-6-19)29(30,31)32/h7-8,11-14,18-19,23,25,27,36H,4-6,9-10,15-17H2,1-3H3,(H,34,37)/t19-,23-,25?,27-/m0/s1. The smallest absolute Gasteiger partial charge is 0.391 e. The second kappa shape index (κ2) is 12.2. The fourth-order valence-electron chi connectivity index (χ4n) is 6.00. The average molecular weight is 582 g/mol. The molecule has 1 aliphatic heterocycles. The van der Waals surface area contributed by atoms with Gasteiger partial charge in [0.1, 0.15) is 0 Å². The quantitative estimate of drug-likeness (QED) is 0.421. The number of nitrogens with one attached hydrogen (secondary N) is 1. The van der Waals surface area contributed by atoms with Crippen LogP contribution in [0.2, 0.25) is 0 Å². The predicted octanol–water partition coefficient (Wildman–Crippen LogP) is 5.22. The van der Waals surface area contributed by atoms with E-state index in [0.717, 1.165) is 11.3 Å². The van der Waals surface area contributed by atoms with Crippen molar-refractivity contribution in [2.75, 3.05) is 18.9 Å². The minimum atomic E-state index is -4.12. The average Bonchev–Trinajstić information content (AvgIpc) is 3.28. The molecule has 220 valence electrons. The van der Waals surface area contributed by atoms with Crippen LogP contribution in [0.1, 0.15) is 85.7 Å². The van der Waals surface area contributed by atoms with Gasteiger partial charge in [0, 0.05) is 19.3 Å². The summed E-state index contributed by atoms with van der Waals surface area (Å²) in [5.74, 6) is -1.21. The number of aliphatic hydroxyl groups is 1. The molecule has 2 aliphatic rings. The lowest BCUT2D eigenvalue weighted by Gasteiger charge is -2.35. The van der Waals surface area contributed by atoms with Gasteiger partial charge in [0.25, 0.3) is 5.91 Å². The first-order valence-corrected chi connectivity index (χ1v) is 15.5. The lowest BCUT2D eigenvalue weighted by Crippen LogP contribution is -2.35. The number of hydrogen-bond donors (Lipinski definition) is 2. The van der Waals surface area contributed by atoms with Crippen LogP contribution in [0.4, 0.5) is 13.2 Å². The van der Waals surface area contributed by atoms with Gasteiger partial charge >= 0.3 is 6.18 Å².